The van der Waals surface area contributed by atoms with Crippen LogP contribution in [0.1, 0.15) is 24.5 Å². The average Bonchev–Trinajstić information content (AvgIpc) is 2.81. The van der Waals surface area contributed by atoms with Crippen molar-refractivity contribution in [3.05, 3.63) is 34.3 Å². The normalized spacial score (nSPS) is 21.3. The van der Waals surface area contributed by atoms with Crippen LogP contribution in [0.4, 0.5) is 0 Å². The molecule has 0 radical (unpaired) electrons. The fourth-order valence-corrected chi connectivity index (χ4v) is 2.77. The molecule has 1 aromatic rings. The Morgan fingerprint density at radius 2 is 2.32 bits per heavy atom. The van der Waals surface area contributed by atoms with Gasteiger partial charge in [-0.15, -0.1) is 0 Å². The summed E-state index contributed by atoms with van der Waals surface area (Å²) in [6, 6.07) is 7.38. The number of likely N-dealkylation sites (tertiary alicyclic amines) is 1. The van der Waals surface area contributed by atoms with E-state index in [4.69, 9.17) is 4.74 Å². The minimum atomic E-state index is -1.23. The van der Waals surface area contributed by atoms with Crippen LogP contribution in [0.2, 0.25) is 0 Å². The Morgan fingerprint density at radius 3 is 2.95 bits per heavy atom. The third-order valence-electron chi connectivity index (χ3n) is 3.51. The van der Waals surface area contributed by atoms with E-state index in [0.29, 0.717) is 16.6 Å². The molecule has 1 heterocycles. The fourth-order valence-electron chi connectivity index (χ4n) is 2.27. The summed E-state index contributed by atoms with van der Waals surface area (Å²) in [5.74, 6) is -0.591. The number of nitrogens with zero attached hydrogens (tertiary/aromatic N) is 1. The summed E-state index contributed by atoms with van der Waals surface area (Å²) in [5.41, 5.74) is 0.535. The van der Waals surface area contributed by atoms with Gasteiger partial charge in [0.1, 0.15) is 6.61 Å². The molecule has 1 N–H and O–H groups in total. The lowest BCUT2D eigenvalue weighted by Gasteiger charge is -2.20. The molecule has 1 unspecified atom stereocenters. The van der Waals surface area contributed by atoms with E-state index in [-0.39, 0.29) is 6.04 Å². The molecule has 2 atom stereocenters. The molecule has 0 aliphatic carbocycles. The molecule has 104 valence electrons. The third-order valence-corrected chi connectivity index (χ3v) is 4.23. The molecule has 1 aliphatic rings. The van der Waals surface area contributed by atoms with E-state index >= 15 is 0 Å². The molecule has 1 saturated heterocycles. The second kappa shape index (κ2) is 6.50. The topological polar surface area (TPSA) is 49.8 Å². The number of hydrogen-bond donors (Lipinski definition) is 1. The number of halogens is 1. The van der Waals surface area contributed by atoms with Crippen LogP contribution >= 0.6 is 15.9 Å². The van der Waals surface area contributed by atoms with Gasteiger partial charge in [-0.25, -0.2) is 4.79 Å². The van der Waals surface area contributed by atoms with E-state index in [0.717, 1.165) is 19.4 Å². The van der Waals surface area contributed by atoms with Gasteiger partial charge in [0.2, 0.25) is 0 Å². The summed E-state index contributed by atoms with van der Waals surface area (Å²) >= 11 is 3.32. The maximum Gasteiger partial charge on any atom is 0.339 e. The third kappa shape index (κ3) is 3.55. The quantitative estimate of drug-likeness (QED) is 0.860. The Morgan fingerprint density at radius 1 is 1.58 bits per heavy atom. The highest BCUT2D eigenvalue weighted by atomic mass is 79.9. The van der Waals surface area contributed by atoms with Crippen LogP contribution in [0.25, 0.3) is 0 Å². The predicted octanol–water partition coefficient (Wildman–Crippen LogP) is 2.12. The summed E-state index contributed by atoms with van der Waals surface area (Å²) in [6.07, 6.45) is 0.933. The van der Waals surface area contributed by atoms with Crippen LogP contribution in [-0.4, -0.2) is 42.2 Å². The minimum absolute atomic E-state index is 0.273. The second-order valence-electron chi connectivity index (χ2n) is 4.83. The van der Waals surface area contributed by atoms with Crippen molar-refractivity contribution in [2.75, 3.05) is 20.2 Å². The smallest absolute Gasteiger partial charge is 0.339 e. The molecule has 19 heavy (non-hydrogen) atoms. The van der Waals surface area contributed by atoms with Crippen molar-refractivity contribution >= 4 is 21.9 Å². The number of likely N-dealkylation sites (N-methyl/N-ethyl adjacent to an activating group) is 1. The number of ether oxygens (including phenoxy) is 1. The molecule has 0 aromatic heterocycles. The molecule has 0 spiro atoms. The molecular formula is C14H18BrNO3. The fraction of sp³-hybridized carbons (Fsp3) is 0.500. The van der Waals surface area contributed by atoms with Crippen LogP contribution < -0.4 is 0 Å². The Hall–Kier alpha value is -0.910. The average molecular weight is 328 g/mol. The minimum Gasteiger partial charge on any atom is -0.462 e. The van der Waals surface area contributed by atoms with Gasteiger partial charge in [-0.3, -0.25) is 0 Å². The second-order valence-corrected chi connectivity index (χ2v) is 5.69. The van der Waals surface area contributed by atoms with E-state index in [1.165, 1.54) is 0 Å². The maximum atomic E-state index is 11.8. The van der Waals surface area contributed by atoms with Gasteiger partial charge < -0.3 is 14.7 Å². The number of carbonyl (C=O) groups is 1. The molecule has 1 aliphatic heterocycles. The summed E-state index contributed by atoms with van der Waals surface area (Å²) in [5, 5.41) is 9.99. The number of rotatable bonds is 4. The Bertz CT molecular complexity index is 452. The first kappa shape index (κ1) is 14.5. The number of hydrogen-bond acceptors (Lipinski definition) is 4. The van der Waals surface area contributed by atoms with Gasteiger partial charge in [-0.1, -0.05) is 34.1 Å². The van der Waals surface area contributed by atoms with Crippen molar-refractivity contribution in [2.24, 2.45) is 0 Å². The van der Waals surface area contributed by atoms with Gasteiger partial charge in [-0.2, -0.15) is 0 Å². The zero-order valence-electron chi connectivity index (χ0n) is 10.9. The molecule has 5 heteroatoms. The Labute approximate surface area is 121 Å². The van der Waals surface area contributed by atoms with E-state index in [1.807, 2.05) is 13.1 Å². The van der Waals surface area contributed by atoms with Gasteiger partial charge in [0.05, 0.1) is 0 Å². The number of carbonyl (C=O) groups excluding carboxylic acids is 1. The first-order valence-electron chi connectivity index (χ1n) is 6.39. The highest BCUT2D eigenvalue weighted by Gasteiger charge is 2.25. The zero-order valence-corrected chi connectivity index (χ0v) is 12.5. The van der Waals surface area contributed by atoms with Crippen molar-refractivity contribution in [2.45, 2.75) is 25.0 Å². The van der Waals surface area contributed by atoms with Crippen LogP contribution in [0, 0.1) is 0 Å². The lowest BCUT2D eigenvalue weighted by molar-refractivity contribution is -0.155. The lowest BCUT2D eigenvalue weighted by Crippen LogP contribution is -2.31. The standard InChI is InChI=1S/C14H18BrNO3/c1-16-8-4-5-10(16)9-19-14(18)13(17)11-6-2-3-7-12(11)15/h2-3,6-7,10,13,17H,4-5,8-9H2,1H3/t10-,13?/m1/s1. The number of benzene rings is 1. The molecule has 1 aromatic carbocycles. The van der Waals surface area contributed by atoms with Crippen LogP contribution in [0.3, 0.4) is 0 Å². The molecule has 1 fully saturated rings. The monoisotopic (exact) mass is 327 g/mol. The number of aliphatic hydroxyl groups excluding tert-OH is 1. The summed E-state index contributed by atoms with van der Waals surface area (Å²) in [4.78, 5) is 14.0. The van der Waals surface area contributed by atoms with Gasteiger partial charge in [-0.05, 0) is 32.5 Å². The molecule has 0 bridgehead atoms. The molecule has 4 nitrogen and oxygen atoms in total. The van der Waals surface area contributed by atoms with E-state index < -0.39 is 12.1 Å². The van der Waals surface area contributed by atoms with Gasteiger partial charge >= 0.3 is 5.97 Å². The first-order valence-corrected chi connectivity index (χ1v) is 7.18. The number of esters is 1. The summed E-state index contributed by atoms with van der Waals surface area (Å²) in [6.45, 7) is 1.38. The first-order chi connectivity index (χ1) is 9.09. The molecule has 0 amide bonds. The largest absolute Gasteiger partial charge is 0.462 e. The highest BCUT2D eigenvalue weighted by Crippen LogP contribution is 2.24. The van der Waals surface area contributed by atoms with E-state index in [9.17, 15) is 9.90 Å². The van der Waals surface area contributed by atoms with Crippen molar-refractivity contribution in [1.29, 1.82) is 0 Å². The predicted molar refractivity (Wildman–Crippen MR) is 75.7 cm³/mol. The van der Waals surface area contributed by atoms with Crippen LogP contribution in [-0.2, 0) is 9.53 Å². The maximum absolute atomic E-state index is 11.8. The summed E-state index contributed by atoms with van der Waals surface area (Å²) < 4.78 is 5.92. The highest BCUT2D eigenvalue weighted by molar-refractivity contribution is 9.10. The van der Waals surface area contributed by atoms with E-state index in [2.05, 4.69) is 20.8 Å². The molecule has 2 rings (SSSR count). The van der Waals surface area contributed by atoms with Gasteiger partial charge in [0, 0.05) is 16.1 Å². The van der Waals surface area contributed by atoms with Gasteiger partial charge in [0.15, 0.2) is 6.10 Å². The van der Waals surface area contributed by atoms with Crippen LogP contribution in [0.5, 0.6) is 0 Å². The van der Waals surface area contributed by atoms with Crippen molar-refractivity contribution in [3.63, 3.8) is 0 Å². The number of aliphatic hydroxyl groups is 1. The molecular weight excluding hydrogens is 310 g/mol. The lowest BCUT2D eigenvalue weighted by atomic mass is 10.1. The SMILES string of the molecule is CN1CCC[C@@H]1COC(=O)C(O)c1ccccc1Br. The van der Waals surface area contributed by atoms with Crippen molar-refractivity contribution in [3.8, 4) is 0 Å². The molecule has 0 saturated carbocycles. The van der Waals surface area contributed by atoms with E-state index in [1.54, 1.807) is 18.2 Å². The Balaban J connectivity index is 1.91. The van der Waals surface area contributed by atoms with Crippen molar-refractivity contribution in [1.82, 2.24) is 4.90 Å². The summed E-state index contributed by atoms with van der Waals surface area (Å²) in [7, 11) is 2.02. The van der Waals surface area contributed by atoms with Crippen molar-refractivity contribution < 1.29 is 14.6 Å². The Kier molecular flexibility index (Phi) is 4.96. The zero-order chi connectivity index (χ0) is 13.8. The van der Waals surface area contributed by atoms with Gasteiger partial charge in [0.25, 0.3) is 0 Å². The van der Waals surface area contributed by atoms with Crippen LogP contribution in [0.15, 0.2) is 28.7 Å².